The Labute approximate surface area is 194 Å². The van der Waals surface area contributed by atoms with Gasteiger partial charge in [0, 0.05) is 16.8 Å². The summed E-state index contributed by atoms with van der Waals surface area (Å²) >= 11 is 12.9. The third-order valence-electron chi connectivity index (χ3n) is 3.84. The number of aromatic nitrogens is 1. The number of anilines is 1. The van der Waals surface area contributed by atoms with E-state index < -0.39 is 17.6 Å². The summed E-state index contributed by atoms with van der Waals surface area (Å²) in [4.78, 5) is 21.3. The van der Waals surface area contributed by atoms with Crippen molar-refractivity contribution in [2.24, 2.45) is 0 Å². The highest BCUT2D eigenvalue weighted by molar-refractivity contribution is 7.94. The first-order chi connectivity index (χ1) is 15.2. The van der Waals surface area contributed by atoms with Gasteiger partial charge in [-0.25, -0.2) is 9.87 Å². The molecule has 32 heavy (non-hydrogen) atoms. The summed E-state index contributed by atoms with van der Waals surface area (Å²) in [6.45, 7) is 0. The maximum Gasteiger partial charge on any atom is 0.417 e. The fourth-order valence-electron chi connectivity index (χ4n) is 2.38. The van der Waals surface area contributed by atoms with Gasteiger partial charge in [0.05, 0.1) is 35.3 Å². The summed E-state index contributed by atoms with van der Waals surface area (Å²) in [7, 11) is 1.35. The topological polar surface area (TPSA) is 69.7 Å². The molecule has 0 aliphatic rings. The van der Waals surface area contributed by atoms with E-state index in [1.807, 2.05) is 0 Å². The van der Waals surface area contributed by atoms with Crippen LogP contribution in [0.3, 0.4) is 0 Å². The van der Waals surface area contributed by atoms with Gasteiger partial charge >= 0.3 is 6.18 Å². The third-order valence-corrected chi connectivity index (χ3v) is 5.09. The van der Waals surface area contributed by atoms with Crippen molar-refractivity contribution in [2.75, 3.05) is 12.4 Å². The van der Waals surface area contributed by atoms with E-state index in [0.29, 0.717) is 16.8 Å². The molecule has 1 amide bonds. The number of ether oxygens (including phenoxy) is 1. The largest absolute Gasteiger partial charge is 0.438 e. The van der Waals surface area contributed by atoms with Crippen molar-refractivity contribution in [2.45, 2.75) is 11.1 Å². The van der Waals surface area contributed by atoms with Crippen LogP contribution < -0.4 is 10.1 Å². The molecule has 0 unspecified atom stereocenters. The predicted molar refractivity (Wildman–Crippen MR) is 114 cm³/mol. The lowest BCUT2D eigenvalue weighted by atomic mass is 10.2. The second-order valence-electron chi connectivity index (χ2n) is 6.05. The van der Waals surface area contributed by atoms with E-state index in [4.69, 9.17) is 32.3 Å². The van der Waals surface area contributed by atoms with E-state index in [9.17, 15) is 18.0 Å². The Balaban J connectivity index is 1.68. The molecule has 0 radical (unpaired) electrons. The fourth-order valence-corrected chi connectivity index (χ4v) is 3.22. The normalized spacial score (nSPS) is 11.3. The van der Waals surface area contributed by atoms with Crippen molar-refractivity contribution in [3.8, 4) is 11.6 Å². The minimum Gasteiger partial charge on any atom is -0.438 e. The molecular formula is C20H13Cl2F3N2O4S. The Bertz CT molecular complexity index is 1110. The number of hydrogen-bond acceptors (Lipinski definition) is 6. The molecule has 3 rings (SSSR count). The molecule has 3 aromatic rings. The molecular weight excluding hydrogens is 492 g/mol. The summed E-state index contributed by atoms with van der Waals surface area (Å²) in [6.07, 6.45) is -3.93. The molecule has 0 atom stereocenters. The Morgan fingerprint density at radius 3 is 2.41 bits per heavy atom. The lowest BCUT2D eigenvalue weighted by molar-refractivity contribution is -0.160. The Hall–Kier alpha value is -2.50. The van der Waals surface area contributed by atoms with E-state index in [1.54, 1.807) is 12.1 Å². The molecule has 0 aliphatic carbocycles. The maximum absolute atomic E-state index is 12.7. The Kier molecular flexibility index (Phi) is 7.86. The molecule has 0 saturated carbocycles. The number of carbonyl (C=O) groups excluding carboxylic acids is 1. The van der Waals surface area contributed by atoms with Crippen LogP contribution in [0.2, 0.25) is 10.0 Å². The molecule has 1 heterocycles. The van der Waals surface area contributed by atoms with E-state index in [2.05, 4.69) is 15.2 Å². The van der Waals surface area contributed by atoms with Gasteiger partial charge in [0.25, 0.3) is 5.91 Å². The molecule has 0 bridgehead atoms. The predicted octanol–water partition coefficient (Wildman–Crippen LogP) is 7.04. The summed E-state index contributed by atoms with van der Waals surface area (Å²) in [6, 6.07) is 11.5. The number of pyridine rings is 1. The van der Waals surface area contributed by atoms with Crippen LogP contribution in [-0.2, 0) is 15.4 Å². The second-order valence-corrected chi connectivity index (χ2v) is 7.64. The van der Waals surface area contributed by atoms with E-state index in [1.165, 1.54) is 37.4 Å². The van der Waals surface area contributed by atoms with E-state index in [-0.39, 0.29) is 27.2 Å². The average molecular weight is 505 g/mol. The number of hydrogen-bond donors (Lipinski definition) is 1. The molecule has 1 aromatic heterocycles. The monoisotopic (exact) mass is 504 g/mol. The summed E-state index contributed by atoms with van der Waals surface area (Å²) in [5, 5.41) is 2.63. The van der Waals surface area contributed by atoms with Gasteiger partial charge in [0.2, 0.25) is 5.88 Å². The van der Waals surface area contributed by atoms with Crippen LogP contribution in [0.15, 0.2) is 59.6 Å². The minimum atomic E-state index is -4.56. The SMILES string of the molecule is COOSc1ccc(Cl)c(C(=O)Nc2ccc(Oc3ncc(C(F)(F)F)cc3Cl)cc2)c1. The highest BCUT2D eigenvalue weighted by Crippen LogP contribution is 2.35. The van der Waals surface area contributed by atoms with Crippen molar-refractivity contribution in [3.63, 3.8) is 0 Å². The quantitative estimate of drug-likeness (QED) is 0.211. The second kappa shape index (κ2) is 10.4. The zero-order chi connectivity index (χ0) is 23.3. The number of nitrogens with zero attached hydrogens (tertiary/aromatic N) is 1. The smallest absolute Gasteiger partial charge is 0.417 e. The molecule has 0 spiro atoms. The van der Waals surface area contributed by atoms with Crippen molar-refractivity contribution in [3.05, 3.63) is 75.9 Å². The van der Waals surface area contributed by atoms with Crippen LogP contribution in [0, 0.1) is 0 Å². The number of halogens is 5. The lowest BCUT2D eigenvalue weighted by Crippen LogP contribution is -2.12. The number of alkyl halides is 3. The number of rotatable bonds is 7. The molecule has 0 fully saturated rings. The zero-order valence-corrected chi connectivity index (χ0v) is 18.4. The van der Waals surface area contributed by atoms with Crippen LogP contribution in [0.5, 0.6) is 11.6 Å². The average Bonchev–Trinajstić information content (AvgIpc) is 2.75. The van der Waals surface area contributed by atoms with Gasteiger partial charge in [-0.2, -0.15) is 17.5 Å². The number of benzene rings is 2. The van der Waals surface area contributed by atoms with Gasteiger partial charge in [-0.3, -0.25) is 4.79 Å². The number of nitrogens with one attached hydrogen (secondary N) is 1. The summed E-state index contributed by atoms with van der Waals surface area (Å²) < 4.78 is 48.3. The van der Waals surface area contributed by atoms with Crippen LogP contribution >= 0.6 is 35.2 Å². The molecule has 2 aromatic carbocycles. The third kappa shape index (κ3) is 6.27. The molecule has 168 valence electrons. The van der Waals surface area contributed by atoms with Crippen LogP contribution in [-0.4, -0.2) is 18.0 Å². The van der Waals surface area contributed by atoms with Crippen molar-refractivity contribution >= 4 is 46.8 Å². The van der Waals surface area contributed by atoms with Gasteiger partial charge in [-0.05, 0) is 48.5 Å². The first-order valence-electron chi connectivity index (χ1n) is 8.66. The molecule has 12 heteroatoms. The Morgan fingerprint density at radius 1 is 1.06 bits per heavy atom. The van der Waals surface area contributed by atoms with Gasteiger partial charge < -0.3 is 10.1 Å². The van der Waals surface area contributed by atoms with Crippen molar-refractivity contribution < 1.29 is 31.9 Å². The van der Waals surface area contributed by atoms with Gasteiger partial charge in [-0.1, -0.05) is 23.2 Å². The van der Waals surface area contributed by atoms with E-state index >= 15 is 0 Å². The molecule has 6 nitrogen and oxygen atoms in total. The minimum absolute atomic E-state index is 0.184. The van der Waals surface area contributed by atoms with Gasteiger partial charge in [-0.15, -0.1) is 0 Å². The van der Waals surface area contributed by atoms with Crippen molar-refractivity contribution in [1.29, 1.82) is 0 Å². The fraction of sp³-hybridized carbons (Fsp3) is 0.100. The summed E-state index contributed by atoms with van der Waals surface area (Å²) in [5.74, 6) is -0.392. The van der Waals surface area contributed by atoms with Gasteiger partial charge in [0.1, 0.15) is 10.8 Å². The van der Waals surface area contributed by atoms with Crippen LogP contribution in [0.1, 0.15) is 15.9 Å². The Morgan fingerprint density at radius 2 is 1.78 bits per heavy atom. The maximum atomic E-state index is 12.7. The van der Waals surface area contributed by atoms with Gasteiger partial charge in [0.15, 0.2) is 0 Å². The standard InChI is InChI=1S/C20H13Cl2F3N2O4S/c1-29-31-32-14-6-7-16(21)15(9-14)18(28)27-12-2-4-13(5-3-12)30-19-17(22)8-11(10-26-19)20(23,24)25/h2-10H,1H3,(H,27,28). The number of amides is 1. The van der Waals surface area contributed by atoms with Crippen molar-refractivity contribution in [1.82, 2.24) is 4.98 Å². The first kappa shape index (κ1) is 24.1. The lowest BCUT2D eigenvalue weighted by Gasteiger charge is -2.11. The zero-order valence-electron chi connectivity index (χ0n) is 16.1. The number of carbonyl (C=O) groups is 1. The molecule has 0 aliphatic heterocycles. The van der Waals surface area contributed by atoms with Crippen LogP contribution in [0.4, 0.5) is 18.9 Å². The van der Waals surface area contributed by atoms with Crippen LogP contribution in [0.25, 0.3) is 0 Å². The molecule has 1 N–H and O–H groups in total. The van der Waals surface area contributed by atoms with E-state index in [0.717, 1.165) is 18.1 Å². The highest BCUT2D eigenvalue weighted by Gasteiger charge is 2.31. The highest BCUT2D eigenvalue weighted by atomic mass is 35.5. The first-order valence-corrected chi connectivity index (χ1v) is 10.2. The summed E-state index contributed by atoms with van der Waals surface area (Å²) in [5.41, 5.74) is -0.337. The molecule has 0 saturated heterocycles.